The lowest BCUT2D eigenvalue weighted by Gasteiger charge is -2.20. The smallest absolute Gasteiger partial charge is 0.151 e. The largest absolute Gasteiger partial charge is 0.388 e. The predicted molar refractivity (Wildman–Crippen MR) is 69.2 cm³/mol. The van der Waals surface area contributed by atoms with Crippen molar-refractivity contribution in [2.45, 2.75) is 25.4 Å². The molecule has 0 aliphatic heterocycles. The quantitative estimate of drug-likeness (QED) is 0.877. The molecule has 1 atom stereocenters. The van der Waals surface area contributed by atoms with E-state index in [9.17, 15) is 5.11 Å². The Balaban J connectivity index is 2.14. The molecule has 3 rings (SSSR count). The van der Waals surface area contributed by atoms with Gasteiger partial charge in [0.05, 0.1) is 10.6 Å². The molecule has 0 bridgehead atoms. The van der Waals surface area contributed by atoms with Crippen LogP contribution in [-0.2, 0) is 6.42 Å². The Labute approximate surface area is 108 Å². The maximum absolute atomic E-state index is 9.95. The summed E-state index contributed by atoms with van der Waals surface area (Å²) >= 11 is 3.51. The summed E-state index contributed by atoms with van der Waals surface area (Å²) in [6.07, 6.45) is 6.35. The normalized spacial score (nSPS) is 19.1. The molecule has 88 valence electrons. The molecule has 3 nitrogen and oxygen atoms in total. The summed E-state index contributed by atoms with van der Waals surface area (Å²) in [6.45, 7) is 0. The molecule has 2 heterocycles. The van der Waals surface area contributed by atoms with E-state index in [1.807, 2.05) is 24.4 Å². The van der Waals surface area contributed by atoms with Crippen molar-refractivity contribution in [1.82, 2.24) is 9.55 Å². The van der Waals surface area contributed by atoms with Gasteiger partial charge in [-0.1, -0.05) is 0 Å². The van der Waals surface area contributed by atoms with Gasteiger partial charge in [-0.05, 0) is 53.4 Å². The number of pyridine rings is 1. The summed E-state index contributed by atoms with van der Waals surface area (Å²) in [6, 6.07) is 5.88. The van der Waals surface area contributed by atoms with Crippen LogP contribution in [0.2, 0.25) is 0 Å². The molecule has 1 aliphatic carbocycles. The van der Waals surface area contributed by atoms with Crippen LogP contribution < -0.4 is 0 Å². The average molecular weight is 293 g/mol. The Kier molecular flexibility index (Phi) is 2.76. The van der Waals surface area contributed by atoms with Crippen LogP contribution in [0.25, 0.3) is 5.82 Å². The van der Waals surface area contributed by atoms with Crippen LogP contribution in [0.1, 0.15) is 30.2 Å². The fourth-order valence-electron chi connectivity index (χ4n) is 2.42. The molecule has 1 N–H and O–H groups in total. The van der Waals surface area contributed by atoms with E-state index in [0.717, 1.165) is 35.1 Å². The van der Waals surface area contributed by atoms with E-state index in [2.05, 4.69) is 25.5 Å². The number of rotatable bonds is 1. The second kappa shape index (κ2) is 4.27. The van der Waals surface area contributed by atoms with Crippen molar-refractivity contribution in [2.24, 2.45) is 0 Å². The Hall–Kier alpha value is -1.13. The lowest BCUT2D eigenvalue weighted by atomic mass is 9.95. The van der Waals surface area contributed by atoms with Gasteiger partial charge in [0.25, 0.3) is 0 Å². The number of aliphatic hydroxyl groups is 1. The number of aromatic nitrogens is 2. The number of halogens is 1. The van der Waals surface area contributed by atoms with Crippen LogP contribution in [0.15, 0.2) is 35.1 Å². The molecule has 4 heteroatoms. The van der Waals surface area contributed by atoms with Crippen molar-refractivity contribution >= 4 is 15.9 Å². The van der Waals surface area contributed by atoms with Gasteiger partial charge in [-0.3, -0.25) is 0 Å². The zero-order chi connectivity index (χ0) is 11.8. The lowest BCUT2D eigenvalue weighted by molar-refractivity contribution is 0.156. The second-order valence-electron chi connectivity index (χ2n) is 4.30. The monoisotopic (exact) mass is 292 g/mol. The van der Waals surface area contributed by atoms with E-state index in [-0.39, 0.29) is 6.10 Å². The first kappa shape index (κ1) is 11.0. The minimum atomic E-state index is -0.317. The third-order valence-electron chi connectivity index (χ3n) is 3.24. The van der Waals surface area contributed by atoms with Gasteiger partial charge >= 0.3 is 0 Å². The molecule has 0 saturated carbocycles. The third-order valence-corrected chi connectivity index (χ3v) is 3.86. The van der Waals surface area contributed by atoms with Gasteiger partial charge < -0.3 is 9.67 Å². The van der Waals surface area contributed by atoms with Gasteiger partial charge in [0, 0.05) is 23.7 Å². The van der Waals surface area contributed by atoms with Crippen LogP contribution in [0.3, 0.4) is 0 Å². The summed E-state index contributed by atoms with van der Waals surface area (Å²) in [5, 5.41) is 9.95. The number of aliphatic hydroxyl groups excluding tert-OH is 1. The van der Waals surface area contributed by atoms with Gasteiger partial charge in [-0.15, -0.1) is 0 Å². The van der Waals surface area contributed by atoms with Gasteiger partial charge in [0.2, 0.25) is 0 Å². The first-order valence-corrected chi connectivity index (χ1v) is 6.56. The fraction of sp³-hybridized carbons (Fsp3) is 0.308. The summed E-state index contributed by atoms with van der Waals surface area (Å²) < 4.78 is 3.04. The Bertz CT molecular complexity index is 550. The second-order valence-corrected chi connectivity index (χ2v) is 5.16. The van der Waals surface area contributed by atoms with E-state index in [4.69, 9.17) is 0 Å². The first-order valence-electron chi connectivity index (χ1n) is 5.76. The number of hydrogen-bond donors (Lipinski definition) is 1. The highest BCUT2D eigenvalue weighted by atomic mass is 79.9. The van der Waals surface area contributed by atoms with Crippen LogP contribution in [0.5, 0.6) is 0 Å². The van der Waals surface area contributed by atoms with Crippen molar-refractivity contribution < 1.29 is 5.11 Å². The van der Waals surface area contributed by atoms with Crippen molar-refractivity contribution in [1.29, 1.82) is 0 Å². The maximum Gasteiger partial charge on any atom is 0.151 e. The molecule has 0 spiro atoms. The van der Waals surface area contributed by atoms with Crippen molar-refractivity contribution in [3.8, 4) is 5.82 Å². The zero-order valence-electron chi connectivity index (χ0n) is 9.31. The van der Waals surface area contributed by atoms with Gasteiger partial charge in [0.15, 0.2) is 5.82 Å². The van der Waals surface area contributed by atoms with E-state index in [1.165, 1.54) is 5.69 Å². The third kappa shape index (κ3) is 1.81. The van der Waals surface area contributed by atoms with Crippen LogP contribution in [-0.4, -0.2) is 14.7 Å². The topological polar surface area (TPSA) is 38.0 Å². The predicted octanol–water partition coefficient (Wildman–Crippen LogP) is 3.00. The molecule has 17 heavy (non-hydrogen) atoms. The minimum absolute atomic E-state index is 0.317. The molecule has 1 unspecified atom stereocenters. The highest BCUT2D eigenvalue weighted by molar-refractivity contribution is 9.10. The highest BCUT2D eigenvalue weighted by Crippen LogP contribution is 2.32. The van der Waals surface area contributed by atoms with E-state index in [0.29, 0.717) is 0 Å². The van der Waals surface area contributed by atoms with Crippen molar-refractivity contribution in [3.63, 3.8) is 0 Å². The fourth-order valence-corrected chi connectivity index (χ4v) is 2.87. The molecule has 0 radical (unpaired) electrons. The van der Waals surface area contributed by atoms with Crippen molar-refractivity contribution in [3.05, 3.63) is 46.3 Å². The molecule has 0 amide bonds. The molecular formula is C13H13BrN2O. The first-order chi connectivity index (χ1) is 8.27. The Morgan fingerprint density at radius 3 is 3.12 bits per heavy atom. The number of hydrogen-bond acceptors (Lipinski definition) is 2. The van der Waals surface area contributed by atoms with Crippen LogP contribution in [0, 0.1) is 0 Å². The maximum atomic E-state index is 9.95. The van der Waals surface area contributed by atoms with E-state index < -0.39 is 0 Å². The van der Waals surface area contributed by atoms with Gasteiger partial charge in [0.1, 0.15) is 0 Å². The number of fused-ring (bicyclic) bond motifs is 1. The Morgan fingerprint density at radius 1 is 1.41 bits per heavy atom. The standard InChI is InChI=1S/C13H13BrN2O/c14-10-3-2-7-15-13(10)16-8-6-9-11(16)4-1-5-12(9)17/h2-3,6-8,12,17H,1,4-5H2. The van der Waals surface area contributed by atoms with Crippen LogP contribution >= 0.6 is 15.9 Å². The van der Waals surface area contributed by atoms with Crippen LogP contribution in [0.4, 0.5) is 0 Å². The Morgan fingerprint density at radius 2 is 2.29 bits per heavy atom. The average Bonchev–Trinajstić information content (AvgIpc) is 2.75. The van der Waals surface area contributed by atoms with E-state index >= 15 is 0 Å². The SMILES string of the molecule is OC1CCCc2c1ccn2-c1ncccc1Br. The minimum Gasteiger partial charge on any atom is -0.388 e. The molecule has 0 fully saturated rings. The lowest BCUT2D eigenvalue weighted by Crippen LogP contribution is -2.11. The molecular weight excluding hydrogens is 280 g/mol. The summed E-state index contributed by atoms with van der Waals surface area (Å²) in [4.78, 5) is 4.39. The summed E-state index contributed by atoms with van der Waals surface area (Å²) in [5.74, 6) is 0.892. The zero-order valence-corrected chi connectivity index (χ0v) is 10.9. The van der Waals surface area contributed by atoms with Crippen molar-refractivity contribution in [2.75, 3.05) is 0 Å². The van der Waals surface area contributed by atoms with Gasteiger partial charge in [-0.2, -0.15) is 0 Å². The summed E-state index contributed by atoms with van der Waals surface area (Å²) in [7, 11) is 0. The van der Waals surface area contributed by atoms with Gasteiger partial charge in [-0.25, -0.2) is 4.98 Å². The summed E-state index contributed by atoms with van der Waals surface area (Å²) in [5.41, 5.74) is 2.23. The number of nitrogens with zero attached hydrogens (tertiary/aromatic N) is 2. The van der Waals surface area contributed by atoms with E-state index in [1.54, 1.807) is 6.20 Å². The molecule has 2 aromatic rings. The molecule has 0 saturated heterocycles. The highest BCUT2D eigenvalue weighted by Gasteiger charge is 2.22. The molecule has 0 aromatic carbocycles. The molecule has 1 aliphatic rings. The molecule has 2 aromatic heterocycles.